The summed E-state index contributed by atoms with van der Waals surface area (Å²) in [5.74, 6) is 8.38. The van der Waals surface area contributed by atoms with Crippen molar-refractivity contribution >= 4 is 33.0 Å². The van der Waals surface area contributed by atoms with Gasteiger partial charge in [-0.2, -0.15) is 0 Å². The van der Waals surface area contributed by atoms with Gasteiger partial charge in [-0.1, -0.05) is 176 Å². The highest BCUT2D eigenvalue weighted by Crippen LogP contribution is 2.40. The number of fused-ring (bicyclic) bond motifs is 3. The Labute approximate surface area is 365 Å². The number of benzene rings is 8. The molecule has 1 aliphatic carbocycles. The van der Waals surface area contributed by atoms with E-state index in [0.29, 0.717) is 40.6 Å². The Hall–Kier alpha value is -8.59. The van der Waals surface area contributed by atoms with Gasteiger partial charge in [0.15, 0.2) is 17.5 Å². The molecule has 11 rings (SSSR count). The number of phenolic OH excluding ortho intramolecular Hbond substituents is 1. The molecule has 0 saturated heterocycles. The maximum atomic E-state index is 11.7. The molecule has 2 heterocycles. The largest absolute Gasteiger partial charge is 0.507 e. The molecule has 5 nitrogen and oxygen atoms in total. The number of allylic oxidation sites excluding steroid dienone is 4. The minimum Gasteiger partial charge on any atom is -0.507 e. The van der Waals surface area contributed by atoms with Crippen LogP contribution in [0.15, 0.2) is 212 Å². The average Bonchev–Trinajstić information content (AvgIpc) is 3.48. The summed E-state index contributed by atoms with van der Waals surface area (Å²) in [6, 6.07) is 68.7. The van der Waals surface area contributed by atoms with Gasteiger partial charge in [0, 0.05) is 50.7 Å². The predicted molar refractivity (Wildman–Crippen MR) is 258 cm³/mol. The Bertz CT molecular complexity index is 3350. The summed E-state index contributed by atoms with van der Waals surface area (Å²) in [4.78, 5) is 14.9. The van der Waals surface area contributed by atoms with Gasteiger partial charge < -0.3 is 9.67 Å². The molecular formula is C58H38N4O. The highest BCUT2D eigenvalue weighted by Gasteiger charge is 2.21. The van der Waals surface area contributed by atoms with Crippen LogP contribution < -0.4 is 0 Å². The maximum Gasteiger partial charge on any atom is 0.164 e. The van der Waals surface area contributed by atoms with Gasteiger partial charge in [-0.3, -0.25) is 0 Å². The quantitative estimate of drug-likeness (QED) is 0.155. The molecule has 0 atom stereocenters. The van der Waals surface area contributed by atoms with Gasteiger partial charge in [-0.05, 0) is 81.9 Å². The standard InChI is InChI=1S/C58H38N4O/c63-54-31-17-29-50(58-60-56(41-22-9-3-10-23-41)59-57(61-58)42-24-11-4-12-25-42)55(54)45-27-14-13-26-43(34-45)44-32-33-53-51(38-44)49-28-15-16-30-52(49)62(53)48-36-46(39-18-5-1-6-19-39)35-47(37-48)40-20-7-2-8-21-40/h1-12,15-26,28-38,63H,13H2. The van der Waals surface area contributed by atoms with Crippen LogP contribution in [0.5, 0.6) is 5.75 Å². The van der Waals surface area contributed by atoms with Crippen LogP contribution in [0, 0.1) is 11.8 Å². The normalized spacial score (nSPS) is 12.3. The second kappa shape index (κ2) is 16.1. The van der Waals surface area contributed by atoms with Crippen molar-refractivity contribution in [1.82, 2.24) is 19.5 Å². The van der Waals surface area contributed by atoms with E-state index in [1.54, 1.807) is 6.07 Å². The third kappa shape index (κ3) is 7.16. The fourth-order valence-electron chi connectivity index (χ4n) is 8.60. The first kappa shape index (κ1) is 37.4. The lowest BCUT2D eigenvalue weighted by atomic mass is 9.94. The van der Waals surface area contributed by atoms with Gasteiger partial charge in [0.1, 0.15) is 5.75 Å². The maximum absolute atomic E-state index is 11.7. The van der Waals surface area contributed by atoms with E-state index in [1.165, 1.54) is 11.1 Å². The lowest BCUT2D eigenvalue weighted by Crippen LogP contribution is -2.02. The van der Waals surface area contributed by atoms with Crippen molar-refractivity contribution in [2.45, 2.75) is 6.42 Å². The molecular weight excluding hydrogens is 769 g/mol. The predicted octanol–water partition coefficient (Wildman–Crippen LogP) is 13.9. The number of hydrogen-bond acceptors (Lipinski definition) is 4. The molecule has 0 unspecified atom stereocenters. The first-order chi connectivity index (χ1) is 31.1. The summed E-state index contributed by atoms with van der Waals surface area (Å²) in [5.41, 5.74) is 13.7. The number of hydrogen-bond donors (Lipinski definition) is 1. The number of nitrogens with zero attached hydrogens (tertiary/aromatic N) is 4. The van der Waals surface area contributed by atoms with E-state index in [1.807, 2.05) is 72.8 Å². The van der Waals surface area contributed by atoms with Gasteiger partial charge in [-0.15, -0.1) is 0 Å². The van der Waals surface area contributed by atoms with Gasteiger partial charge in [0.2, 0.25) is 0 Å². The van der Waals surface area contributed by atoms with Crippen LogP contribution in [-0.4, -0.2) is 24.6 Å². The van der Waals surface area contributed by atoms with Crippen molar-refractivity contribution in [3.05, 3.63) is 223 Å². The van der Waals surface area contributed by atoms with Crippen LogP contribution in [0.25, 0.3) is 95.1 Å². The van der Waals surface area contributed by atoms with Crippen molar-refractivity contribution in [3.8, 4) is 79.7 Å². The molecule has 8 aromatic carbocycles. The van der Waals surface area contributed by atoms with Crippen molar-refractivity contribution in [2.75, 3.05) is 0 Å². The first-order valence-electron chi connectivity index (χ1n) is 21.0. The van der Waals surface area contributed by atoms with Crippen molar-refractivity contribution in [3.63, 3.8) is 0 Å². The van der Waals surface area contributed by atoms with Gasteiger partial charge in [-0.25, -0.2) is 15.0 Å². The molecule has 1 aliphatic rings. The number of para-hydroxylation sites is 1. The topological polar surface area (TPSA) is 63.8 Å². The molecule has 0 amide bonds. The van der Waals surface area contributed by atoms with Crippen molar-refractivity contribution in [1.29, 1.82) is 0 Å². The second-order valence-electron chi connectivity index (χ2n) is 15.5. The minimum atomic E-state index is 0.100. The van der Waals surface area contributed by atoms with E-state index in [4.69, 9.17) is 15.0 Å². The highest BCUT2D eigenvalue weighted by molar-refractivity contribution is 6.11. The Morgan fingerprint density at radius 2 is 1.00 bits per heavy atom. The summed E-state index contributed by atoms with van der Waals surface area (Å²) >= 11 is 0. The first-order valence-corrected chi connectivity index (χ1v) is 21.0. The van der Waals surface area contributed by atoms with Crippen LogP contribution in [0.1, 0.15) is 17.5 Å². The van der Waals surface area contributed by atoms with E-state index >= 15 is 0 Å². The van der Waals surface area contributed by atoms with Crippen LogP contribution in [0.3, 0.4) is 0 Å². The molecule has 0 spiro atoms. The lowest BCUT2D eigenvalue weighted by Gasteiger charge is -2.14. The molecule has 0 radical (unpaired) electrons. The fraction of sp³-hybridized carbons (Fsp3) is 0.0172. The molecule has 0 aliphatic heterocycles. The summed E-state index contributed by atoms with van der Waals surface area (Å²) < 4.78 is 2.38. The van der Waals surface area contributed by atoms with E-state index in [2.05, 4.69) is 150 Å². The van der Waals surface area contributed by atoms with Crippen molar-refractivity contribution in [2.24, 2.45) is 0 Å². The van der Waals surface area contributed by atoms with Crippen LogP contribution in [0.2, 0.25) is 0 Å². The van der Waals surface area contributed by atoms with E-state index in [9.17, 15) is 5.11 Å². The SMILES string of the molecule is Oc1cccc(-c2nc(-c3ccccc3)nc(-c3ccccc3)n2)c1C1=CC(c2ccc3c(c2)c2ccccc2n3-c2cc(-c3ccccc3)cc(-c3ccccc3)c2)=CCC#C1. The van der Waals surface area contributed by atoms with Crippen LogP contribution >= 0.6 is 0 Å². The molecule has 0 fully saturated rings. The molecule has 0 saturated carbocycles. The van der Waals surface area contributed by atoms with Gasteiger partial charge >= 0.3 is 0 Å². The minimum absolute atomic E-state index is 0.100. The monoisotopic (exact) mass is 806 g/mol. The Morgan fingerprint density at radius 3 is 1.63 bits per heavy atom. The molecule has 5 heteroatoms. The Balaban J connectivity index is 1.04. The number of phenols is 1. The van der Waals surface area contributed by atoms with Crippen molar-refractivity contribution < 1.29 is 5.11 Å². The fourth-order valence-corrected chi connectivity index (χ4v) is 8.60. The van der Waals surface area contributed by atoms with Crippen LogP contribution in [0.4, 0.5) is 0 Å². The number of rotatable bonds is 8. The average molecular weight is 807 g/mol. The summed E-state index contributed by atoms with van der Waals surface area (Å²) in [6.07, 6.45) is 4.81. The zero-order valence-electron chi connectivity index (χ0n) is 34.2. The molecule has 296 valence electrons. The van der Waals surface area contributed by atoms with E-state index < -0.39 is 0 Å². The third-order valence-corrected chi connectivity index (χ3v) is 11.6. The zero-order valence-corrected chi connectivity index (χ0v) is 34.2. The molecule has 63 heavy (non-hydrogen) atoms. The summed E-state index contributed by atoms with van der Waals surface area (Å²) in [5, 5.41) is 14.0. The Morgan fingerprint density at radius 1 is 0.444 bits per heavy atom. The zero-order chi connectivity index (χ0) is 42.1. The number of aromatic nitrogens is 4. The van der Waals surface area contributed by atoms with Gasteiger partial charge in [0.25, 0.3) is 0 Å². The number of aromatic hydroxyl groups is 1. The lowest BCUT2D eigenvalue weighted by molar-refractivity contribution is 0.474. The summed E-state index contributed by atoms with van der Waals surface area (Å²) in [6.45, 7) is 0. The summed E-state index contributed by atoms with van der Waals surface area (Å²) in [7, 11) is 0. The van der Waals surface area contributed by atoms with Gasteiger partial charge in [0.05, 0.1) is 11.0 Å². The second-order valence-corrected chi connectivity index (χ2v) is 15.5. The van der Waals surface area contributed by atoms with E-state index in [0.717, 1.165) is 60.9 Å². The molecule has 10 aromatic rings. The highest BCUT2D eigenvalue weighted by atomic mass is 16.3. The Kier molecular flexibility index (Phi) is 9.57. The smallest absolute Gasteiger partial charge is 0.164 e. The van der Waals surface area contributed by atoms with E-state index in [-0.39, 0.29) is 5.75 Å². The van der Waals surface area contributed by atoms with Crippen LogP contribution in [-0.2, 0) is 0 Å². The molecule has 2 aromatic heterocycles. The molecule has 1 N–H and O–H groups in total. The molecule has 0 bridgehead atoms. The third-order valence-electron chi connectivity index (χ3n) is 11.6.